The Morgan fingerprint density at radius 1 is 0.893 bits per heavy atom. The van der Waals surface area contributed by atoms with Gasteiger partial charge in [0.05, 0.1) is 0 Å². The van der Waals surface area contributed by atoms with Gasteiger partial charge in [-0.25, -0.2) is 0 Å². The number of ether oxygens (including phenoxy) is 1. The van der Waals surface area contributed by atoms with Crippen LogP contribution in [-0.2, 0) is 12.0 Å². The topological polar surface area (TPSA) is 26.3 Å². The van der Waals surface area contributed by atoms with Crippen LogP contribution < -0.4 is 4.74 Å². The Morgan fingerprint density at radius 3 is 2.29 bits per heavy atom. The predicted molar refractivity (Wildman–Crippen MR) is 116 cm³/mol. The molecule has 0 bridgehead atoms. The molecular weight excluding hydrogens is 344 g/mol. The van der Waals surface area contributed by atoms with E-state index in [-0.39, 0.29) is 11.2 Å². The number of allylic oxidation sites excluding steroid dienone is 1. The lowest BCUT2D eigenvalue weighted by Gasteiger charge is -2.18. The van der Waals surface area contributed by atoms with E-state index in [1.165, 1.54) is 5.56 Å². The molecule has 0 amide bonds. The van der Waals surface area contributed by atoms with E-state index in [0.29, 0.717) is 12.2 Å². The summed E-state index contributed by atoms with van der Waals surface area (Å²) in [6, 6.07) is 25.7. The second kappa shape index (κ2) is 8.71. The molecule has 142 valence electrons. The minimum Gasteiger partial charge on any atom is -0.489 e. The fraction of sp³-hybridized carbons (Fsp3) is 0.192. The Kier molecular flexibility index (Phi) is 6.10. The first-order chi connectivity index (χ1) is 13.4. The van der Waals surface area contributed by atoms with Gasteiger partial charge in [-0.05, 0) is 40.3 Å². The Labute approximate surface area is 167 Å². The number of hydrogen-bond donors (Lipinski definition) is 0. The molecule has 0 unspecified atom stereocenters. The van der Waals surface area contributed by atoms with Gasteiger partial charge in [-0.2, -0.15) is 0 Å². The highest BCUT2D eigenvalue weighted by Gasteiger charge is 2.13. The average molecular weight is 370 g/mol. The summed E-state index contributed by atoms with van der Waals surface area (Å²) in [7, 11) is 0. The van der Waals surface area contributed by atoms with Gasteiger partial charge in [0.25, 0.3) is 0 Å². The summed E-state index contributed by atoms with van der Waals surface area (Å²) in [5.41, 5.74) is 4.05. The molecule has 28 heavy (non-hydrogen) atoms. The Morgan fingerprint density at radius 2 is 1.61 bits per heavy atom. The van der Waals surface area contributed by atoms with Crippen molar-refractivity contribution >= 4 is 11.9 Å². The van der Waals surface area contributed by atoms with Crippen LogP contribution in [0.3, 0.4) is 0 Å². The highest BCUT2D eigenvalue weighted by Crippen LogP contribution is 2.22. The van der Waals surface area contributed by atoms with Crippen molar-refractivity contribution in [3.8, 4) is 5.75 Å². The van der Waals surface area contributed by atoms with Crippen molar-refractivity contribution in [3.05, 3.63) is 107 Å². The number of carbonyl (C=O) groups excluding carboxylic acids is 1. The summed E-state index contributed by atoms with van der Waals surface area (Å²) in [6.07, 6.45) is 3.44. The van der Waals surface area contributed by atoms with Gasteiger partial charge in [0.15, 0.2) is 5.78 Å². The minimum atomic E-state index is -0.00364. The first-order valence-corrected chi connectivity index (χ1v) is 9.51. The van der Waals surface area contributed by atoms with Crippen LogP contribution in [0, 0.1) is 0 Å². The van der Waals surface area contributed by atoms with Crippen LogP contribution in [0.5, 0.6) is 5.75 Å². The average Bonchev–Trinajstić information content (AvgIpc) is 2.71. The molecule has 0 aliphatic heterocycles. The van der Waals surface area contributed by atoms with Crippen molar-refractivity contribution in [2.75, 3.05) is 0 Å². The molecule has 0 aromatic heterocycles. The van der Waals surface area contributed by atoms with E-state index in [9.17, 15) is 4.79 Å². The first-order valence-electron chi connectivity index (χ1n) is 9.51. The predicted octanol–water partition coefficient (Wildman–Crippen LogP) is 6.46. The fourth-order valence-corrected chi connectivity index (χ4v) is 2.85. The number of hydrogen-bond acceptors (Lipinski definition) is 2. The Bertz CT molecular complexity index is 946. The molecule has 0 aliphatic rings. The molecule has 0 saturated heterocycles. The van der Waals surface area contributed by atoms with Crippen LogP contribution in [0.15, 0.2) is 84.9 Å². The molecule has 0 N–H and O–H groups in total. The molecule has 3 rings (SSSR count). The molecule has 0 saturated carbocycles. The van der Waals surface area contributed by atoms with E-state index in [4.69, 9.17) is 4.74 Å². The first kappa shape index (κ1) is 19.6. The van der Waals surface area contributed by atoms with Gasteiger partial charge >= 0.3 is 0 Å². The largest absolute Gasteiger partial charge is 0.489 e. The zero-order valence-electron chi connectivity index (χ0n) is 16.7. The van der Waals surface area contributed by atoms with Crippen molar-refractivity contribution in [3.63, 3.8) is 0 Å². The van der Waals surface area contributed by atoms with Gasteiger partial charge in [-0.3, -0.25) is 4.79 Å². The lowest BCUT2D eigenvalue weighted by molar-refractivity contribution is 0.104. The second-order valence-electron chi connectivity index (χ2n) is 7.87. The molecule has 3 aromatic carbocycles. The van der Waals surface area contributed by atoms with Crippen molar-refractivity contribution in [1.82, 2.24) is 0 Å². The molecule has 0 radical (unpaired) electrons. The molecular formula is C26H26O2. The third-order valence-corrected chi connectivity index (χ3v) is 4.57. The molecule has 0 aliphatic carbocycles. The van der Waals surface area contributed by atoms with E-state index in [1.54, 1.807) is 6.08 Å². The summed E-state index contributed by atoms with van der Waals surface area (Å²) in [5, 5.41) is 0. The fourth-order valence-electron chi connectivity index (χ4n) is 2.85. The smallest absolute Gasteiger partial charge is 0.185 e. The van der Waals surface area contributed by atoms with Gasteiger partial charge in [0.1, 0.15) is 12.4 Å². The van der Waals surface area contributed by atoms with Crippen LogP contribution >= 0.6 is 0 Å². The molecule has 0 atom stereocenters. The molecule has 2 heteroatoms. The van der Waals surface area contributed by atoms with Gasteiger partial charge in [0, 0.05) is 5.56 Å². The zero-order valence-corrected chi connectivity index (χ0v) is 16.7. The number of ketones is 1. The van der Waals surface area contributed by atoms with Gasteiger partial charge in [-0.1, -0.05) is 93.6 Å². The van der Waals surface area contributed by atoms with E-state index < -0.39 is 0 Å². The lowest BCUT2D eigenvalue weighted by Crippen LogP contribution is -2.11. The van der Waals surface area contributed by atoms with Crippen LogP contribution in [0.4, 0.5) is 0 Å². The number of carbonyl (C=O) groups is 1. The number of rotatable bonds is 6. The molecule has 0 fully saturated rings. The zero-order chi connectivity index (χ0) is 20.0. The van der Waals surface area contributed by atoms with Crippen molar-refractivity contribution in [2.45, 2.75) is 32.8 Å². The summed E-state index contributed by atoms with van der Waals surface area (Å²) in [6.45, 7) is 7.01. The lowest BCUT2D eigenvalue weighted by atomic mass is 9.86. The summed E-state index contributed by atoms with van der Waals surface area (Å²) in [4.78, 5) is 12.5. The van der Waals surface area contributed by atoms with E-state index in [0.717, 1.165) is 16.9 Å². The normalized spacial score (nSPS) is 11.5. The molecule has 2 nitrogen and oxygen atoms in total. The maximum Gasteiger partial charge on any atom is 0.185 e. The minimum absolute atomic E-state index is 0.00364. The molecule has 3 aromatic rings. The summed E-state index contributed by atoms with van der Waals surface area (Å²) >= 11 is 0. The highest BCUT2D eigenvalue weighted by molar-refractivity contribution is 6.06. The van der Waals surface area contributed by atoms with Crippen molar-refractivity contribution in [1.29, 1.82) is 0 Å². The van der Waals surface area contributed by atoms with Crippen LogP contribution in [0.1, 0.15) is 47.8 Å². The highest BCUT2D eigenvalue weighted by atomic mass is 16.5. The van der Waals surface area contributed by atoms with E-state index in [2.05, 4.69) is 20.8 Å². The van der Waals surface area contributed by atoms with Crippen LogP contribution in [0.2, 0.25) is 0 Å². The quantitative estimate of drug-likeness (QED) is 0.368. The second-order valence-corrected chi connectivity index (χ2v) is 7.87. The van der Waals surface area contributed by atoms with Crippen LogP contribution in [0.25, 0.3) is 6.08 Å². The molecule has 0 heterocycles. The van der Waals surface area contributed by atoms with E-state index >= 15 is 0 Å². The van der Waals surface area contributed by atoms with Crippen molar-refractivity contribution < 1.29 is 9.53 Å². The van der Waals surface area contributed by atoms with Gasteiger partial charge in [0.2, 0.25) is 0 Å². The number of benzene rings is 3. The van der Waals surface area contributed by atoms with Crippen molar-refractivity contribution in [2.24, 2.45) is 0 Å². The van der Waals surface area contributed by atoms with Gasteiger partial charge in [-0.15, -0.1) is 0 Å². The van der Waals surface area contributed by atoms with E-state index in [1.807, 2.05) is 84.9 Å². The SMILES string of the molecule is CC(C)(C)c1ccc(C(=O)C=Cc2cccc(OCc3ccccc3)c2)cc1. The maximum atomic E-state index is 12.5. The monoisotopic (exact) mass is 370 g/mol. The standard InChI is InChI=1S/C26H26O2/c1-26(2,3)23-15-13-22(14-16-23)25(27)17-12-20-10-7-11-24(18-20)28-19-21-8-5-4-6-9-21/h4-18H,19H2,1-3H3. The van der Waals surface area contributed by atoms with Crippen LogP contribution in [-0.4, -0.2) is 5.78 Å². The third kappa shape index (κ3) is 5.43. The molecule has 0 spiro atoms. The summed E-state index contributed by atoms with van der Waals surface area (Å²) in [5.74, 6) is 0.782. The Balaban J connectivity index is 1.64. The summed E-state index contributed by atoms with van der Waals surface area (Å²) < 4.78 is 5.85. The van der Waals surface area contributed by atoms with Gasteiger partial charge < -0.3 is 4.74 Å². The maximum absolute atomic E-state index is 12.5. The third-order valence-electron chi connectivity index (χ3n) is 4.57. The Hall–Kier alpha value is -3.13.